The molecule has 0 saturated carbocycles. The van der Waals surface area contributed by atoms with E-state index in [1.165, 1.54) is 5.56 Å². The molecule has 0 aliphatic heterocycles. The SMILES string of the molecule is CCc1cccc(NC(=O)c2ccncc2NC)c1. The molecule has 1 heterocycles. The number of aryl methyl sites for hydroxylation is 1. The molecule has 0 aliphatic carbocycles. The highest BCUT2D eigenvalue weighted by molar-refractivity contribution is 6.07. The van der Waals surface area contributed by atoms with Crippen LogP contribution in [-0.4, -0.2) is 17.9 Å². The van der Waals surface area contributed by atoms with Gasteiger partial charge in [0.25, 0.3) is 5.91 Å². The molecule has 98 valence electrons. The van der Waals surface area contributed by atoms with E-state index >= 15 is 0 Å². The van der Waals surface area contributed by atoms with Crippen LogP contribution in [0.2, 0.25) is 0 Å². The van der Waals surface area contributed by atoms with Gasteiger partial charge in [0.2, 0.25) is 0 Å². The van der Waals surface area contributed by atoms with Crippen molar-refractivity contribution in [2.75, 3.05) is 17.7 Å². The topological polar surface area (TPSA) is 54.0 Å². The predicted octanol–water partition coefficient (Wildman–Crippen LogP) is 2.94. The van der Waals surface area contributed by atoms with Crippen molar-refractivity contribution >= 4 is 17.3 Å². The molecule has 0 saturated heterocycles. The molecule has 1 amide bonds. The molecule has 0 fully saturated rings. The van der Waals surface area contributed by atoms with Crippen molar-refractivity contribution in [1.82, 2.24) is 4.98 Å². The maximum atomic E-state index is 12.2. The third-order valence-corrected chi connectivity index (χ3v) is 2.93. The van der Waals surface area contributed by atoms with E-state index < -0.39 is 0 Å². The molecule has 1 aromatic carbocycles. The van der Waals surface area contributed by atoms with Gasteiger partial charge in [-0.3, -0.25) is 9.78 Å². The highest BCUT2D eigenvalue weighted by Gasteiger charge is 2.10. The van der Waals surface area contributed by atoms with Gasteiger partial charge in [-0.15, -0.1) is 0 Å². The Kier molecular flexibility index (Phi) is 4.13. The maximum absolute atomic E-state index is 12.2. The monoisotopic (exact) mass is 255 g/mol. The second kappa shape index (κ2) is 6.00. The van der Waals surface area contributed by atoms with Crippen molar-refractivity contribution in [3.8, 4) is 0 Å². The molecule has 4 heteroatoms. The molecular formula is C15H17N3O. The van der Waals surface area contributed by atoms with Gasteiger partial charge in [-0.25, -0.2) is 0 Å². The zero-order valence-corrected chi connectivity index (χ0v) is 11.1. The van der Waals surface area contributed by atoms with E-state index in [1.807, 2.05) is 24.3 Å². The first kappa shape index (κ1) is 13.1. The number of carbonyl (C=O) groups excluding carboxylic acids is 1. The summed E-state index contributed by atoms with van der Waals surface area (Å²) in [4.78, 5) is 16.2. The van der Waals surface area contributed by atoms with Gasteiger partial charge in [0.1, 0.15) is 0 Å². The molecule has 1 aromatic heterocycles. The lowest BCUT2D eigenvalue weighted by atomic mass is 10.1. The van der Waals surface area contributed by atoms with Crippen molar-refractivity contribution in [1.29, 1.82) is 0 Å². The first-order chi connectivity index (χ1) is 9.24. The summed E-state index contributed by atoms with van der Waals surface area (Å²) in [6.07, 6.45) is 4.19. The first-order valence-corrected chi connectivity index (χ1v) is 6.26. The molecule has 2 rings (SSSR count). The number of nitrogens with zero attached hydrogens (tertiary/aromatic N) is 1. The van der Waals surface area contributed by atoms with E-state index in [4.69, 9.17) is 0 Å². The van der Waals surface area contributed by atoms with Crippen LogP contribution in [0.4, 0.5) is 11.4 Å². The number of hydrogen-bond acceptors (Lipinski definition) is 3. The summed E-state index contributed by atoms with van der Waals surface area (Å²) >= 11 is 0. The molecule has 2 aromatic rings. The fraction of sp³-hybridized carbons (Fsp3) is 0.200. The minimum Gasteiger partial charge on any atom is -0.386 e. The molecule has 0 spiro atoms. The van der Waals surface area contributed by atoms with Gasteiger partial charge >= 0.3 is 0 Å². The number of benzene rings is 1. The van der Waals surface area contributed by atoms with Crippen LogP contribution in [-0.2, 0) is 6.42 Å². The van der Waals surface area contributed by atoms with Crippen molar-refractivity contribution < 1.29 is 4.79 Å². The molecule has 0 aliphatic rings. The van der Waals surface area contributed by atoms with Crippen molar-refractivity contribution in [2.24, 2.45) is 0 Å². The lowest BCUT2D eigenvalue weighted by Crippen LogP contribution is -2.14. The van der Waals surface area contributed by atoms with Crippen LogP contribution in [0.3, 0.4) is 0 Å². The van der Waals surface area contributed by atoms with Crippen LogP contribution >= 0.6 is 0 Å². The molecule has 19 heavy (non-hydrogen) atoms. The maximum Gasteiger partial charge on any atom is 0.257 e. The van der Waals surface area contributed by atoms with Crippen molar-refractivity contribution in [3.05, 3.63) is 53.9 Å². The quantitative estimate of drug-likeness (QED) is 0.883. The standard InChI is InChI=1S/C15H17N3O/c1-3-11-5-4-6-12(9-11)18-15(19)13-7-8-17-10-14(13)16-2/h4-10,16H,3H2,1-2H3,(H,18,19). The minimum atomic E-state index is -0.139. The molecule has 0 radical (unpaired) electrons. The minimum absolute atomic E-state index is 0.139. The average Bonchev–Trinajstić information content (AvgIpc) is 2.47. The van der Waals surface area contributed by atoms with E-state index in [0.717, 1.165) is 12.1 Å². The Morgan fingerprint density at radius 3 is 2.89 bits per heavy atom. The van der Waals surface area contributed by atoms with Crippen molar-refractivity contribution in [2.45, 2.75) is 13.3 Å². The summed E-state index contributed by atoms with van der Waals surface area (Å²) in [6, 6.07) is 9.56. The largest absolute Gasteiger partial charge is 0.386 e. The summed E-state index contributed by atoms with van der Waals surface area (Å²) < 4.78 is 0. The Bertz CT molecular complexity index is 581. The predicted molar refractivity (Wildman–Crippen MR) is 77.6 cm³/mol. The van der Waals surface area contributed by atoms with Crippen molar-refractivity contribution in [3.63, 3.8) is 0 Å². The van der Waals surface area contributed by atoms with E-state index in [9.17, 15) is 4.79 Å². The lowest BCUT2D eigenvalue weighted by molar-refractivity contribution is 0.102. The van der Waals surface area contributed by atoms with E-state index in [2.05, 4.69) is 22.5 Å². The van der Waals surface area contributed by atoms with E-state index in [-0.39, 0.29) is 5.91 Å². The Morgan fingerprint density at radius 2 is 2.16 bits per heavy atom. The van der Waals surface area contributed by atoms with Crippen LogP contribution < -0.4 is 10.6 Å². The molecule has 2 N–H and O–H groups in total. The Labute approximate surface area is 112 Å². The zero-order chi connectivity index (χ0) is 13.7. The van der Waals surface area contributed by atoms with Crippen LogP contribution in [0.15, 0.2) is 42.7 Å². The van der Waals surface area contributed by atoms with Crippen LogP contribution in [0.25, 0.3) is 0 Å². The normalized spacial score (nSPS) is 10.0. The van der Waals surface area contributed by atoms with Crippen LogP contribution in [0.5, 0.6) is 0 Å². The molecular weight excluding hydrogens is 238 g/mol. The number of rotatable bonds is 4. The van der Waals surface area contributed by atoms with Gasteiger partial charge in [-0.1, -0.05) is 19.1 Å². The Morgan fingerprint density at radius 1 is 1.32 bits per heavy atom. The van der Waals surface area contributed by atoms with Crippen LogP contribution in [0.1, 0.15) is 22.8 Å². The average molecular weight is 255 g/mol. The van der Waals surface area contributed by atoms with Gasteiger partial charge in [-0.2, -0.15) is 0 Å². The Hall–Kier alpha value is -2.36. The van der Waals surface area contributed by atoms with Gasteiger partial charge < -0.3 is 10.6 Å². The molecule has 0 bridgehead atoms. The smallest absolute Gasteiger partial charge is 0.257 e. The van der Waals surface area contributed by atoms with E-state index in [0.29, 0.717) is 11.3 Å². The third-order valence-electron chi connectivity index (χ3n) is 2.93. The second-order valence-corrected chi connectivity index (χ2v) is 4.18. The summed E-state index contributed by atoms with van der Waals surface area (Å²) in [5.74, 6) is -0.139. The van der Waals surface area contributed by atoms with Gasteiger partial charge in [0, 0.05) is 18.9 Å². The highest BCUT2D eigenvalue weighted by atomic mass is 16.1. The summed E-state index contributed by atoms with van der Waals surface area (Å²) in [5, 5.41) is 5.86. The molecule has 0 unspecified atom stereocenters. The van der Waals surface area contributed by atoms with Gasteiger partial charge in [-0.05, 0) is 30.2 Å². The van der Waals surface area contributed by atoms with Crippen LogP contribution in [0, 0.1) is 0 Å². The number of pyridine rings is 1. The molecule has 0 atom stereocenters. The number of aromatic nitrogens is 1. The highest BCUT2D eigenvalue weighted by Crippen LogP contribution is 2.16. The van der Waals surface area contributed by atoms with Gasteiger partial charge in [0.15, 0.2) is 0 Å². The fourth-order valence-corrected chi connectivity index (χ4v) is 1.86. The number of amides is 1. The number of carbonyl (C=O) groups is 1. The van der Waals surface area contributed by atoms with Gasteiger partial charge in [0.05, 0.1) is 17.4 Å². The number of anilines is 2. The number of hydrogen-bond donors (Lipinski definition) is 2. The number of nitrogens with one attached hydrogen (secondary N) is 2. The second-order valence-electron chi connectivity index (χ2n) is 4.18. The summed E-state index contributed by atoms with van der Waals surface area (Å²) in [6.45, 7) is 2.09. The summed E-state index contributed by atoms with van der Waals surface area (Å²) in [5.41, 5.74) is 3.30. The summed E-state index contributed by atoms with van der Waals surface area (Å²) in [7, 11) is 1.77. The zero-order valence-electron chi connectivity index (χ0n) is 11.1. The lowest BCUT2D eigenvalue weighted by Gasteiger charge is -2.09. The third kappa shape index (κ3) is 3.10. The fourth-order valence-electron chi connectivity index (χ4n) is 1.86. The molecule has 4 nitrogen and oxygen atoms in total. The first-order valence-electron chi connectivity index (χ1n) is 6.26. The Balaban J connectivity index is 2.20. The van der Waals surface area contributed by atoms with E-state index in [1.54, 1.807) is 25.5 Å².